The van der Waals surface area contributed by atoms with Crippen LogP contribution in [0, 0.1) is 0 Å². The van der Waals surface area contributed by atoms with Crippen molar-refractivity contribution in [3.05, 3.63) is 87.2 Å². The molecule has 0 bridgehead atoms. The molecule has 0 saturated carbocycles. The minimum absolute atomic E-state index is 0.161. The fourth-order valence-corrected chi connectivity index (χ4v) is 4.20. The SMILES string of the molecule is C=CCN(C(=O)Cn1cnc2ccccc2c1=O)c1nc(-c2ccc(Cl)c(Cl)c2)cs1. The topological polar surface area (TPSA) is 68.1 Å². The van der Waals surface area contributed by atoms with E-state index in [2.05, 4.69) is 16.5 Å². The molecule has 0 saturated heterocycles. The molecule has 4 rings (SSSR count). The van der Waals surface area contributed by atoms with Crippen LogP contribution in [0.5, 0.6) is 0 Å². The highest BCUT2D eigenvalue weighted by molar-refractivity contribution is 7.14. The molecule has 1 amide bonds. The Morgan fingerprint density at radius 2 is 2.00 bits per heavy atom. The van der Waals surface area contributed by atoms with Crippen molar-refractivity contribution in [2.75, 3.05) is 11.4 Å². The van der Waals surface area contributed by atoms with E-state index in [0.717, 1.165) is 5.56 Å². The van der Waals surface area contributed by atoms with Crippen LogP contribution >= 0.6 is 34.5 Å². The van der Waals surface area contributed by atoms with Gasteiger partial charge >= 0.3 is 0 Å². The zero-order chi connectivity index (χ0) is 22.0. The molecule has 2 aromatic heterocycles. The fourth-order valence-electron chi connectivity index (χ4n) is 3.04. The lowest BCUT2D eigenvalue weighted by Crippen LogP contribution is -2.36. The summed E-state index contributed by atoms with van der Waals surface area (Å²) >= 11 is 13.4. The number of aromatic nitrogens is 3. The first kappa shape index (κ1) is 21.2. The van der Waals surface area contributed by atoms with Crippen molar-refractivity contribution < 1.29 is 4.79 Å². The molecule has 9 heteroatoms. The smallest absolute Gasteiger partial charge is 0.261 e. The maximum Gasteiger partial charge on any atom is 0.261 e. The number of rotatable bonds is 6. The molecule has 0 spiro atoms. The third-order valence-electron chi connectivity index (χ3n) is 4.59. The van der Waals surface area contributed by atoms with E-state index in [-0.39, 0.29) is 24.6 Å². The van der Waals surface area contributed by atoms with Gasteiger partial charge in [-0.15, -0.1) is 17.9 Å². The Bertz CT molecular complexity index is 1350. The molecule has 31 heavy (non-hydrogen) atoms. The first-order valence-electron chi connectivity index (χ1n) is 9.24. The van der Waals surface area contributed by atoms with Gasteiger partial charge in [-0.1, -0.05) is 47.5 Å². The van der Waals surface area contributed by atoms with Crippen molar-refractivity contribution in [2.24, 2.45) is 0 Å². The number of hydrogen-bond acceptors (Lipinski definition) is 5. The van der Waals surface area contributed by atoms with Crippen LogP contribution in [-0.2, 0) is 11.3 Å². The summed E-state index contributed by atoms with van der Waals surface area (Å²) in [6.07, 6.45) is 3.00. The average molecular weight is 471 g/mol. The normalized spacial score (nSPS) is 10.9. The molecule has 0 N–H and O–H groups in total. The molecule has 0 aliphatic rings. The van der Waals surface area contributed by atoms with Crippen LogP contribution in [0.2, 0.25) is 10.0 Å². The van der Waals surface area contributed by atoms with Crippen molar-refractivity contribution in [3.63, 3.8) is 0 Å². The molecule has 0 atom stereocenters. The second-order valence-electron chi connectivity index (χ2n) is 6.63. The molecule has 2 heterocycles. The summed E-state index contributed by atoms with van der Waals surface area (Å²) in [4.78, 5) is 36.1. The summed E-state index contributed by atoms with van der Waals surface area (Å²) in [7, 11) is 0. The zero-order valence-electron chi connectivity index (χ0n) is 16.2. The van der Waals surface area contributed by atoms with Crippen LogP contribution in [0.25, 0.3) is 22.2 Å². The molecule has 2 aromatic carbocycles. The Hall–Kier alpha value is -3.00. The van der Waals surface area contributed by atoms with Crippen LogP contribution in [0.4, 0.5) is 5.13 Å². The number of anilines is 1. The predicted octanol–water partition coefficient (Wildman–Crippen LogP) is 5.05. The van der Waals surface area contributed by atoms with E-state index in [1.807, 2.05) is 17.5 Å². The third kappa shape index (κ3) is 4.39. The van der Waals surface area contributed by atoms with Crippen molar-refractivity contribution in [1.29, 1.82) is 0 Å². The van der Waals surface area contributed by atoms with Gasteiger partial charge in [-0.3, -0.25) is 19.1 Å². The van der Waals surface area contributed by atoms with Gasteiger partial charge in [-0.2, -0.15) is 0 Å². The number of thiazole rings is 1. The molecule has 0 fully saturated rings. The number of nitrogens with zero attached hydrogens (tertiary/aromatic N) is 4. The minimum atomic E-state index is -0.297. The molecule has 6 nitrogen and oxygen atoms in total. The van der Waals surface area contributed by atoms with Crippen LogP contribution in [0.15, 0.2) is 71.6 Å². The zero-order valence-corrected chi connectivity index (χ0v) is 18.5. The van der Waals surface area contributed by atoms with E-state index >= 15 is 0 Å². The van der Waals surface area contributed by atoms with Gasteiger partial charge in [0.05, 0.1) is 33.0 Å². The van der Waals surface area contributed by atoms with Gasteiger partial charge in [-0.05, 0) is 24.3 Å². The van der Waals surface area contributed by atoms with Gasteiger partial charge in [0.15, 0.2) is 5.13 Å². The lowest BCUT2D eigenvalue weighted by molar-refractivity contribution is -0.119. The monoisotopic (exact) mass is 470 g/mol. The highest BCUT2D eigenvalue weighted by Gasteiger charge is 2.20. The molecular weight excluding hydrogens is 455 g/mol. The molecular formula is C22H16Cl2N4O2S. The molecule has 4 aromatic rings. The first-order chi connectivity index (χ1) is 15.0. The van der Waals surface area contributed by atoms with E-state index in [4.69, 9.17) is 23.2 Å². The van der Waals surface area contributed by atoms with E-state index in [0.29, 0.717) is 31.8 Å². The van der Waals surface area contributed by atoms with Gasteiger partial charge < -0.3 is 0 Å². The van der Waals surface area contributed by atoms with E-state index < -0.39 is 0 Å². The summed E-state index contributed by atoms with van der Waals surface area (Å²) in [5, 5.41) is 3.67. The number of benzene rings is 2. The van der Waals surface area contributed by atoms with E-state index in [1.54, 1.807) is 36.4 Å². The van der Waals surface area contributed by atoms with Crippen molar-refractivity contribution in [3.8, 4) is 11.3 Å². The van der Waals surface area contributed by atoms with Crippen molar-refractivity contribution in [1.82, 2.24) is 14.5 Å². The molecule has 0 aliphatic heterocycles. The number of carbonyl (C=O) groups excluding carboxylic acids is 1. The number of para-hydroxylation sites is 1. The predicted molar refractivity (Wildman–Crippen MR) is 126 cm³/mol. The molecule has 0 aliphatic carbocycles. The van der Waals surface area contributed by atoms with Crippen LogP contribution in [0.3, 0.4) is 0 Å². The van der Waals surface area contributed by atoms with Crippen LogP contribution in [0.1, 0.15) is 0 Å². The number of halogens is 2. The highest BCUT2D eigenvalue weighted by Crippen LogP contribution is 2.31. The maximum absolute atomic E-state index is 13.1. The number of fused-ring (bicyclic) bond motifs is 1. The van der Waals surface area contributed by atoms with Crippen LogP contribution < -0.4 is 10.5 Å². The van der Waals surface area contributed by atoms with Gasteiger partial charge in [0.25, 0.3) is 5.56 Å². The Morgan fingerprint density at radius 3 is 2.77 bits per heavy atom. The second-order valence-corrected chi connectivity index (χ2v) is 8.28. The Labute approximate surface area is 192 Å². The maximum atomic E-state index is 13.1. The minimum Gasteiger partial charge on any atom is -0.289 e. The lowest BCUT2D eigenvalue weighted by atomic mass is 10.2. The van der Waals surface area contributed by atoms with Gasteiger partial charge in [0, 0.05) is 17.5 Å². The summed E-state index contributed by atoms with van der Waals surface area (Å²) in [6.45, 7) is 3.82. The number of amides is 1. The number of carbonyl (C=O) groups is 1. The Morgan fingerprint density at radius 1 is 1.19 bits per heavy atom. The van der Waals surface area contributed by atoms with Crippen molar-refractivity contribution in [2.45, 2.75) is 6.54 Å². The summed E-state index contributed by atoms with van der Waals surface area (Å²) in [5.41, 5.74) is 1.78. The second kappa shape index (κ2) is 9.01. The highest BCUT2D eigenvalue weighted by atomic mass is 35.5. The standard InChI is InChI=1S/C22H16Cl2N4O2S/c1-2-9-28(22-26-19(12-31-22)14-7-8-16(23)17(24)10-14)20(29)11-27-13-25-18-6-4-3-5-15(18)21(27)30/h2-8,10,12-13H,1,9,11H2. The van der Waals surface area contributed by atoms with Gasteiger partial charge in [0.2, 0.25) is 5.91 Å². The molecule has 156 valence electrons. The summed E-state index contributed by atoms with van der Waals surface area (Å²) in [6, 6.07) is 12.3. The fraction of sp³-hybridized carbons (Fsp3) is 0.0909. The summed E-state index contributed by atoms with van der Waals surface area (Å²) in [5.74, 6) is -0.297. The quantitative estimate of drug-likeness (QED) is 0.370. The third-order valence-corrected chi connectivity index (χ3v) is 6.19. The molecule has 0 radical (unpaired) electrons. The molecule has 0 unspecified atom stereocenters. The lowest BCUT2D eigenvalue weighted by Gasteiger charge is -2.18. The largest absolute Gasteiger partial charge is 0.289 e. The Kier molecular flexibility index (Phi) is 6.18. The van der Waals surface area contributed by atoms with Gasteiger partial charge in [-0.25, -0.2) is 9.97 Å². The van der Waals surface area contributed by atoms with E-state index in [1.165, 1.54) is 27.1 Å². The van der Waals surface area contributed by atoms with Gasteiger partial charge in [0.1, 0.15) is 6.54 Å². The first-order valence-corrected chi connectivity index (χ1v) is 10.9. The van der Waals surface area contributed by atoms with E-state index in [9.17, 15) is 9.59 Å². The average Bonchev–Trinajstić information content (AvgIpc) is 3.26. The summed E-state index contributed by atoms with van der Waals surface area (Å²) < 4.78 is 1.30. The Balaban J connectivity index is 1.62. The number of hydrogen-bond donors (Lipinski definition) is 0. The van der Waals surface area contributed by atoms with Crippen molar-refractivity contribution >= 4 is 56.5 Å². The van der Waals surface area contributed by atoms with Crippen LogP contribution in [-0.4, -0.2) is 27.0 Å².